The van der Waals surface area contributed by atoms with E-state index in [2.05, 4.69) is 10.3 Å². The Bertz CT molecular complexity index is 993. The zero-order chi connectivity index (χ0) is 19.1. The van der Waals surface area contributed by atoms with Crippen molar-refractivity contribution in [2.75, 3.05) is 6.54 Å². The molecule has 2 aromatic heterocycles. The smallest absolute Gasteiger partial charge is 0.253 e. The highest BCUT2D eigenvalue weighted by atomic mass is 16.1. The molecule has 2 N–H and O–H groups in total. The van der Waals surface area contributed by atoms with Gasteiger partial charge < -0.3 is 15.3 Å². The van der Waals surface area contributed by atoms with E-state index in [0.29, 0.717) is 18.5 Å². The van der Waals surface area contributed by atoms with Crippen LogP contribution in [0.3, 0.4) is 0 Å². The molecule has 0 bridgehead atoms. The van der Waals surface area contributed by atoms with E-state index in [1.165, 1.54) is 6.20 Å². The highest BCUT2D eigenvalue weighted by Gasteiger charge is 2.07. The molecule has 0 radical (unpaired) electrons. The fourth-order valence-corrected chi connectivity index (χ4v) is 2.74. The standard InChI is InChI=1S/C21H20N4O2/c22-8-9-24-21(27)19-12-18(13-23-14-19)11-16-4-6-17(7-5-16)15-25-10-2-1-3-20(25)26/h1-8,10,12-14,22H,9,11,15H2,(H,24,27). The maximum absolute atomic E-state index is 12.0. The Kier molecular flexibility index (Phi) is 5.89. The topological polar surface area (TPSA) is 87.8 Å². The molecule has 136 valence electrons. The van der Waals surface area contributed by atoms with Gasteiger partial charge in [-0.15, -0.1) is 0 Å². The Morgan fingerprint density at radius 1 is 1.07 bits per heavy atom. The fourth-order valence-electron chi connectivity index (χ4n) is 2.74. The number of nitrogens with one attached hydrogen (secondary N) is 2. The number of amides is 1. The van der Waals surface area contributed by atoms with Gasteiger partial charge in [0, 0.05) is 30.9 Å². The van der Waals surface area contributed by atoms with Gasteiger partial charge in [0.15, 0.2) is 0 Å². The summed E-state index contributed by atoms with van der Waals surface area (Å²) in [5.41, 5.74) is 3.53. The van der Waals surface area contributed by atoms with Crippen LogP contribution < -0.4 is 10.9 Å². The van der Waals surface area contributed by atoms with Crippen LogP contribution in [0.4, 0.5) is 0 Å². The van der Waals surface area contributed by atoms with Crippen molar-refractivity contribution in [1.82, 2.24) is 14.9 Å². The molecule has 6 heteroatoms. The summed E-state index contributed by atoms with van der Waals surface area (Å²) in [5, 5.41) is 9.60. The van der Waals surface area contributed by atoms with Gasteiger partial charge in [0.1, 0.15) is 0 Å². The summed E-state index contributed by atoms with van der Waals surface area (Å²) in [7, 11) is 0. The molecule has 0 aliphatic carbocycles. The molecule has 0 aliphatic heterocycles. The lowest BCUT2D eigenvalue weighted by Crippen LogP contribution is -2.25. The molecule has 2 heterocycles. The quantitative estimate of drug-likeness (QED) is 0.634. The zero-order valence-corrected chi connectivity index (χ0v) is 14.8. The molecule has 1 amide bonds. The molecule has 3 rings (SSSR count). The van der Waals surface area contributed by atoms with E-state index in [9.17, 15) is 9.59 Å². The van der Waals surface area contributed by atoms with Gasteiger partial charge in [-0.2, -0.15) is 0 Å². The average Bonchev–Trinajstić information content (AvgIpc) is 2.69. The molecular weight excluding hydrogens is 340 g/mol. The van der Waals surface area contributed by atoms with Crippen LogP contribution in [0, 0.1) is 5.41 Å². The van der Waals surface area contributed by atoms with Gasteiger partial charge in [-0.3, -0.25) is 14.6 Å². The molecule has 3 aromatic rings. The Morgan fingerprint density at radius 3 is 2.59 bits per heavy atom. The van der Waals surface area contributed by atoms with Crippen LogP contribution >= 0.6 is 0 Å². The average molecular weight is 360 g/mol. The highest BCUT2D eigenvalue weighted by molar-refractivity contribution is 5.95. The van der Waals surface area contributed by atoms with Gasteiger partial charge >= 0.3 is 0 Å². The molecule has 0 unspecified atom stereocenters. The van der Waals surface area contributed by atoms with Crippen LogP contribution in [0.1, 0.15) is 27.0 Å². The van der Waals surface area contributed by atoms with Crippen molar-refractivity contribution in [2.45, 2.75) is 13.0 Å². The Balaban J connectivity index is 1.68. The van der Waals surface area contributed by atoms with Crippen LogP contribution in [-0.2, 0) is 13.0 Å². The minimum Gasteiger partial charge on any atom is -0.347 e. The van der Waals surface area contributed by atoms with E-state index >= 15 is 0 Å². The maximum Gasteiger partial charge on any atom is 0.253 e. The van der Waals surface area contributed by atoms with Crippen molar-refractivity contribution in [1.29, 1.82) is 5.41 Å². The van der Waals surface area contributed by atoms with E-state index in [4.69, 9.17) is 5.41 Å². The number of nitrogens with zero attached hydrogens (tertiary/aromatic N) is 2. The minimum absolute atomic E-state index is 0.0224. The number of benzene rings is 1. The zero-order valence-electron chi connectivity index (χ0n) is 14.8. The first-order valence-corrected chi connectivity index (χ1v) is 8.60. The van der Waals surface area contributed by atoms with Crippen molar-refractivity contribution in [3.63, 3.8) is 0 Å². The molecule has 0 aliphatic rings. The van der Waals surface area contributed by atoms with Crippen molar-refractivity contribution < 1.29 is 4.79 Å². The van der Waals surface area contributed by atoms with E-state index in [-0.39, 0.29) is 18.0 Å². The monoisotopic (exact) mass is 360 g/mol. The molecular formula is C21H20N4O2. The second kappa shape index (κ2) is 8.71. The molecule has 0 saturated carbocycles. The largest absolute Gasteiger partial charge is 0.347 e. The second-order valence-electron chi connectivity index (χ2n) is 6.16. The Labute approximate surface area is 157 Å². The molecule has 1 aromatic carbocycles. The summed E-state index contributed by atoms with van der Waals surface area (Å²) < 4.78 is 1.66. The van der Waals surface area contributed by atoms with Gasteiger partial charge in [-0.25, -0.2) is 0 Å². The summed E-state index contributed by atoms with van der Waals surface area (Å²) in [5.74, 6) is -0.239. The summed E-state index contributed by atoms with van der Waals surface area (Å²) in [6, 6.07) is 15.0. The fraction of sp³-hybridized carbons (Fsp3) is 0.143. The minimum atomic E-state index is -0.239. The third-order valence-corrected chi connectivity index (χ3v) is 4.10. The first kappa shape index (κ1) is 18.3. The third-order valence-electron chi connectivity index (χ3n) is 4.10. The van der Waals surface area contributed by atoms with Gasteiger partial charge in [0.25, 0.3) is 11.5 Å². The molecule has 0 fully saturated rings. The number of carbonyl (C=O) groups is 1. The summed E-state index contributed by atoms with van der Waals surface area (Å²) in [6.45, 7) is 0.735. The first-order valence-electron chi connectivity index (χ1n) is 8.60. The lowest BCUT2D eigenvalue weighted by molar-refractivity contribution is 0.0959. The van der Waals surface area contributed by atoms with Crippen LogP contribution in [0.15, 0.2) is 71.9 Å². The summed E-state index contributed by atoms with van der Waals surface area (Å²) >= 11 is 0. The van der Waals surface area contributed by atoms with Crippen molar-refractivity contribution >= 4 is 12.1 Å². The van der Waals surface area contributed by atoms with Gasteiger partial charge in [-0.05, 0) is 35.2 Å². The van der Waals surface area contributed by atoms with E-state index in [0.717, 1.165) is 22.9 Å². The molecule has 0 spiro atoms. The van der Waals surface area contributed by atoms with E-state index in [1.54, 1.807) is 29.1 Å². The normalized spacial score (nSPS) is 10.4. The first-order chi connectivity index (χ1) is 13.2. The molecule has 27 heavy (non-hydrogen) atoms. The predicted octanol–water partition coefficient (Wildman–Crippen LogP) is 2.26. The summed E-state index contributed by atoms with van der Waals surface area (Å²) in [4.78, 5) is 27.9. The summed E-state index contributed by atoms with van der Waals surface area (Å²) in [6.07, 6.45) is 6.83. The van der Waals surface area contributed by atoms with E-state index < -0.39 is 0 Å². The lowest BCUT2D eigenvalue weighted by atomic mass is 10.0. The van der Waals surface area contributed by atoms with Gasteiger partial charge in [0.05, 0.1) is 18.7 Å². The van der Waals surface area contributed by atoms with Crippen LogP contribution in [0.2, 0.25) is 0 Å². The maximum atomic E-state index is 12.0. The number of hydrogen-bond donors (Lipinski definition) is 2. The number of pyridine rings is 2. The number of carbonyl (C=O) groups excluding carboxylic acids is 1. The van der Waals surface area contributed by atoms with E-state index in [1.807, 2.05) is 36.4 Å². The van der Waals surface area contributed by atoms with Crippen LogP contribution in [0.5, 0.6) is 0 Å². The van der Waals surface area contributed by atoms with Crippen molar-refractivity contribution in [3.05, 3.63) is 99.7 Å². The van der Waals surface area contributed by atoms with Gasteiger partial charge in [0.2, 0.25) is 0 Å². The molecule has 6 nitrogen and oxygen atoms in total. The third kappa shape index (κ3) is 4.98. The van der Waals surface area contributed by atoms with Crippen LogP contribution in [0.25, 0.3) is 0 Å². The second-order valence-corrected chi connectivity index (χ2v) is 6.16. The number of rotatable bonds is 7. The number of hydrogen-bond acceptors (Lipinski definition) is 4. The Morgan fingerprint density at radius 2 is 1.85 bits per heavy atom. The lowest BCUT2D eigenvalue weighted by Gasteiger charge is -2.08. The predicted molar refractivity (Wildman–Crippen MR) is 104 cm³/mol. The Hall–Kier alpha value is -3.54. The SMILES string of the molecule is N=CCNC(=O)c1cncc(Cc2ccc(Cn3ccccc3=O)cc2)c1. The van der Waals surface area contributed by atoms with Gasteiger partial charge in [-0.1, -0.05) is 30.3 Å². The van der Waals surface area contributed by atoms with Crippen molar-refractivity contribution in [3.8, 4) is 0 Å². The molecule has 0 atom stereocenters. The number of aromatic nitrogens is 2. The van der Waals surface area contributed by atoms with Crippen molar-refractivity contribution in [2.24, 2.45) is 0 Å². The van der Waals surface area contributed by atoms with Crippen LogP contribution in [-0.4, -0.2) is 28.2 Å². The highest BCUT2D eigenvalue weighted by Crippen LogP contribution is 2.12. The molecule has 0 saturated heterocycles.